The van der Waals surface area contributed by atoms with Crippen LogP contribution in [0.2, 0.25) is 0 Å². The van der Waals surface area contributed by atoms with E-state index in [9.17, 15) is 0 Å². The Balaban J connectivity index is 2.01. The van der Waals surface area contributed by atoms with Gasteiger partial charge in [0.05, 0.1) is 0 Å². The molecule has 0 aromatic carbocycles. The summed E-state index contributed by atoms with van der Waals surface area (Å²) in [6.07, 6.45) is 6.49. The van der Waals surface area contributed by atoms with E-state index in [1.54, 1.807) is 0 Å². The van der Waals surface area contributed by atoms with Crippen LogP contribution in [0.15, 0.2) is 31.0 Å². The third-order valence-electron chi connectivity index (χ3n) is 3.00. The molecule has 1 saturated carbocycles. The van der Waals surface area contributed by atoms with Crippen LogP contribution in [0.1, 0.15) is 25.3 Å². The molecule has 2 rings (SSSR count). The minimum atomic E-state index is 0.681. The smallest absolute Gasteiger partial charge is 0.129 e. The fourth-order valence-electron chi connectivity index (χ4n) is 1.92. The third-order valence-corrected chi connectivity index (χ3v) is 3.00. The molecule has 0 unspecified atom stereocenters. The van der Waals surface area contributed by atoms with Gasteiger partial charge in [0.15, 0.2) is 0 Å². The standard InChI is InChI=1S/C14H21N3/c1-3-9-17(13-6-7-13)14-8-5-12(11-16-14)10-15-4-2/h3,5,8,11,13,15H,1,4,6-7,9-10H2,2H3. The SMILES string of the molecule is C=CCN(c1ccc(CNCC)cn1)C1CC1. The van der Waals surface area contributed by atoms with E-state index in [2.05, 4.69) is 40.8 Å². The van der Waals surface area contributed by atoms with Gasteiger partial charge in [-0.05, 0) is 31.0 Å². The molecule has 1 aromatic heterocycles. The number of rotatable bonds is 7. The van der Waals surface area contributed by atoms with Crippen molar-refractivity contribution in [1.29, 1.82) is 0 Å². The minimum absolute atomic E-state index is 0.681. The zero-order chi connectivity index (χ0) is 12.1. The quantitative estimate of drug-likeness (QED) is 0.730. The Morgan fingerprint density at radius 3 is 2.88 bits per heavy atom. The van der Waals surface area contributed by atoms with Crippen molar-refractivity contribution in [2.45, 2.75) is 32.4 Å². The van der Waals surface area contributed by atoms with Crippen molar-refractivity contribution in [3.63, 3.8) is 0 Å². The van der Waals surface area contributed by atoms with Crippen LogP contribution >= 0.6 is 0 Å². The van der Waals surface area contributed by atoms with Crippen LogP contribution in [-0.4, -0.2) is 24.1 Å². The number of nitrogens with zero attached hydrogens (tertiary/aromatic N) is 2. The molecule has 17 heavy (non-hydrogen) atoms. The summed E-state index contributed by atoms with van der Waals surface area (Å²) >= 11 is 0. The summed E-state index contributed by atoms with van der Waals surface area (Å²) in [5.74, 6) is 1.08. The van der Waals surface area contributed by atoms with E-state index >= 15 is 0 Å². The second-order valence-electron chi connectivity index (χ2n) is 4.48. The topological polar surface area (TPSA) is 28.2 Å². The Labute approximate surface area is 104 Å². The van der Waals surface area contributed by atoms with E-state index < -0.39 is 0 Å². The van der Waals surface area contributed by atoms with Gasteiger partial charge in [-0.2, -0.15) is 0 Å². The molecule has 0 amide bonds. The number of anilines is 1. The van der Waals surface area contributed by atoms with E-state index in [-0.39, 0.29) is 0 Å². The molecule has 0 bridgehead atoms. The van der Waals surface area contributed by atoms with Crippen molar-refractivity contribution in [3.05, 3.63) is 36.5 Å². The van der Waals surface area contributed by atoms with E-state index in [1.165, 1.54) is 18.4 Å². The predicted molar refractivity (Wildman–Crippen MR) is 72.2 cm³/mol. The highest BCUT2D eigenvalue weighted by atomic mass is 15.2. The van der Waals surface area contributed by atoms with Crippen LogP contribution in [0.4, 0.5) is 5.82 Å². The highest BCUT2D eigenvalue weighted by Gasteiger charge is 2.28. The molecule has 0 radical (unpaired) electrons. The monoisotopic (exact) mass is 231 g/mol. The van der Waals surface area contributed by atoms with Gasteiger partial charge in [0, 0.05) is 25.3 Å². The number of nitrogens with one attached hydrogen (secondary N) is 1. The van der Waals surface area contributed by atoms with Gasteiger partial charge in [-0.25, -0.2) is 4.98 Å². The van der Waals surface area contributed by atoms with Gasteiger partial charge >= 0.3 is 0 Å². The molecule has 0 saturated heterocycles. The van der Waals surface area contributed by atoms with Gasteiger partial charge in [0.1, 0.15) is 5.82 Å². The molecule has 92 valence electrons. The fraction of sp³-hybridized carbons (Fsp3) is 0.500. The van der Waals surface area contributed by atoms with Crippen LogP contribution in [0.25, 0.3) is 0 Å². The van der Waals surface area contributed by atoms with Crippen molar-refractivity contribution in [3.8, 4) is 0 Å². The molecule has 0 aliphatic heterocycles. The Bertz CT molecular complexity index is 354. The van der Waals surface area contributed by atoms with Crippen LogP contribution in [0.5, 0.6) is 0 Å². The largest absolute Gasteiger partial charge is 0.350 e. The average molecular weight is 231 g/mol. The van der Waals surface area contributed by atoms with Gasteiger partial charge in [-0.1, -0.05) is 19.1 Å². The lowest BCUT2D eigenvalue weighted by atomic mass is 10.2. The molecule has 1 N–H and O–H groups in total. The second kappa shape index (κ2) is 5.82. The maximum absolute atomic E-state index is 4.55. The first-order chi connectivity index (χ1) is 8.35. The van der Waals surface area contributed by atoms with Crippen molar-refractivity contribution >= 4 is 5.82 Å². The summed E-state index contributed by atoms with van der Waals surface area (Å²) in [5.41, 5.74) is 1.24. The van der Waals surface area contributed by atoms with Gasteiger partial charge in [0.25, 0.3) is 0 Å². The maximum Gasteiger partial charge on any atom is 0.129 e. The van der Waals surface area contributed by atoms with Crippen molar-refractivity contribution in [2.24, 2.45) is 0 Å². The van der Waals surface area contributed by atoms with Gasteiger partial charge in [-0.3, -0.25) is 0 Å². The fourth-order valence-corrected chi connectivity index (χ4v) is 1.92. The summed E-state index contributed by atoms with van der Waals surface area (Å²) in [6.45, 7) is 8.71. The van der Waals surface area contributed by atoms with E-state index in [0.29, 0.717) is 6.04 Å². The molecular formula is C14H21N3. The summed E-state index contributed by atoms with van der Waals surface area (Å²) < 4.78 is 0. The average Bonchev–Trinajstić information content (AvgIpc) is 3.18. The number of hydrogen-bond acceptors (Lipinski definition) is 3. The summed E-state index contributed by atoms with van der Waals surface area (Å²) in [6, 6.07) is 4.96. The van der Waals surface area contributed by atoms with E-state index in [1.807, 2.05) is 12.3 Å². The lowest BCUT2D eigenvalue weighted by Gasteiger charge is -2.21. The van der Waals surface area contributed by atoms with E-state index in [4.69, 9.17) is 0 Å². The summed E-state index contributed by atoms with van der Waals surface area (Å²) in [5, 5.41) is 3.30. The van der Waals surface area contributed by atoms with E-state index in [0.717, 1.165) is 25.5 Å². The van der Waals surface area contributed by atoms with Crippen LogP contribution in [0, 0.1) is 0 Å². The third kappa shape index (κ3) is 3.30. The molecular weight excluding hydrogens is 210 g/mol. The molecule has 0 spiro atoms. The van der Waals surface area contributed by atoms with Gasteiger partial charge in [-0.15, -0.1) is 6.58 Å². The Morgan fingerprint density at radius 1 is 1.53 bits per heavy atom. The van der Waals surface area contributed by atoms with Crippen LogP contribution in [0.3, 0.4) is 0 Å². The van der Waals surface area contributed by atoms with Crippen LogP contribution < -0.4 is 10.2 Å². The van der Waals surface area contributed by atoms with Gasteiger partial charge < -0.3 is 10.2 Å². The van der Waals surface area contributed by atoms with Crippen molar-refractivity contribution in [2.75, 3.05) is 18.0 Å². The maximum atomic E-state index is 4.55. The molecule has 1 aliphatic carbocycles. The van der Waals surface area contributed by atoms with Crippen LogP contribution in [-0.2, 0) is 6.54 Å². The first-order valence-corrected chi connectivity index (χ1v) is 6.38. The second-order valence-corrected chi connectivity index (χ2v) is 4.48. The lowest BCUT2D eigenvalue weighted by molar-refractivity contribution is 0.723. The zero-order valence-electron chi connectivity index (χ0n) is 10.5. The van der Waals surface area contributed by atoms with Gasteiger partial charge in [0.2, 0.25) is 0 Å². The van der Waals surface area contributed by atoms with Crippen molar-refractivity contribution in [1.82, 2.24) is 10.3 Å². The number of pyridine rings is 1. The summed E-state index contributed by atoms with van der Waals surface area (Å²) in [4.78, 5) is 6.89. The molecule has 0 atom stereocenters. The Hall–Kier alpha value is -1.35. The molecule has 3 heteroatoms. The number of aromatic nitrogens is 1. The first-order valence-electron chi connectivity index (χ1n) is 6.38. The predicted octanol–water partition coefficient (Wildman–Crippen LogP) is 2.35. The molecule has 3 nitrogen and oxygen atoms in total. The zero-order valence-corrected chi connectivity index (χ0v) is 10.5. The molecule has 1 fully saturated rings. The molecule has 1 heterocycles. The highest BCUT2D eigenvalue weighted by molar-refractivity contribution is 5.43. The summed E-state index contributed by atoms with van der Waals surface area (Å²) in [7, 11) is 0. The molecule has 1 aromatic rings. The highest BCUT2D eigenvalue weighted by Crippen LogP contribution is 2.30. The first kappa shape index (κ1) is 12.1. The lowest BCUT2D eigenvalue weighted by Crippen LogP contribution is -2.26. The van der Waals surface area contributed by atoms with Crippen molar-refractivity contribution < 1.29 is 0 Å². The minimum Gasteiger partial charge on any atom is -0.350 e. The Kier molecular flexibility index (Phi) is 4.15. The Morgan fingerprint density at radius 2 is 2.35 bits per heavy atom. The normalized spacial score (nSPS) is 14.6. The number of hydrogen-bond donors (Lipinski definition) is 1. The molecule has 1 aliphatic rings.